The Morgan fingerprint density at radius 2 is 1.62 bits per heavy atom. The molecule has 1 amide bonds. The first-order valence-electron chi connectivity index (χ1n) is 15.1. The number of alkyl halides is 6. The van der Waals surface area contributed by atoms with Gasteiger partial charge in [0.2, 0.25) is 0 Å². The van der Waals surface area contributed by atoms with Crippen LogP contribution in [0.3, 0.4) is 0 Å². The van der Waals surface area contributed by atoms with Crippen LogP contribution in [0.1, 0.15) is 66.2 Å². The fourth-order valence-electron chi connectivity index (χ4n) is 6.31. The zero-order valence-corrected chi connectivity index (χ0v) is 25.4. The summed E-state index contributed by atoms with van der Waals surface area (Å²) in [5, 5.41) is 10.9. The Bertz CT molecular complexity index is 1670. The zero-order valence-electron chi connectivity index (χ0n) is 25.4. The highest BCUT2D eigenvalue weighted by Crippen LogP contribution is 2.46. The Morgan fingerprint density at radius 3 is 2.19 bits per heavy atom. The third-order valence-electron chi connectivity index (χ3n) is 9.25. The summed E-state index contributed by atoms with van der Waals surface area (Å²) in [6.07, 6.45) is -10.4. The van der Waals surface area contributed by atoms with Crippen molar-refractivity contribution < 1.29 is 50.5 Å². The lowest BCUT2D eigenvalue weighted by Gasteiger charge is -2.34. The second kappa shape index (κ2) is 11.9. The van der Waals surface area contributed by atoms with Crippen LogP contribution < -0.4 is 4.90 Å². The summed E-state index contributed by atoms with van der Waals surface area (Å²) < 4.78 is 91.7. The molecule has 0 bridgehead atoms. The number of amides is 1. The van der Waals surface area contributed by atoms with Crippen LogP contribution in [-0.2, 0) is 33.2 Å². The van der Waals surface area contributed by atoms with E-state index < -0.39 is 47.3 Å². The first-order chi connectivity index (χ1) is 22.1. The van der Waals surface area contributed by atoms with Crippen molar-refractivity contribution in [1.29, 1.82) is 0 Å². The molecule has 1 saturated carbocycles. The summed E-state index contributed by atoms with van der Waals surface area (Å²) in [6.45, 7) is 2.80. The molecular weight excluding hydrogens is 632 g/mol. The summed E-state index contributed by atoms with van der Waals surface area (Å²) in [6, 6.07) is 8.85. The Kier molecular flexibility index (Phi) is 8.25. The van der Waals surface area contributed by atoms with E-state index in [1.807, 2.05) is 4.90 Å². The van der Waals surface area contributed by atoms with Crippen LogP contribution in [0.2, 0.25) is 0 Å². The van der Waals surface area contributed by atoms with Crippen LogP contribution in [0.25, 0.3) is 11.1 Å². The molecule has 1 aromatic heterocycles. The van der Waals surface area contributed by atoms with Gasteiger partial charge in [-0.1, -0.05) is 6.07 Å². The van der Waals surface area contributed by atoms with Gasteiger partial charge < -0.3 is 19.5 Å². The van der Waals surface area contributed by atoms with Gasteiger partial charge in [-0.3, -0.25) is 9.69 Å². The second-order valence-electron chi connectivity index (χ2n) is 12.2. The van der Waals surface area contributed by atoms with E-state index in [1.165, 1.54) is 25.0 Å². The first-order valence-corrected chi connectivity index (χ1v) is 15.1. The summed E-state index contributed by atoms with van der Waals surface area (Å²) in [5.74, 6) is 0.123. The normalized spacial score (nSPS) is 22.9. The molecule has 6 rings (SSSR count). The number of hydrogen-bond donors (Lipinski definition) is 1. The van der Waals surface area contributed by atoms with Crippen molar-refractivity contribution in [3.8, 4) is 16.9 Å². The third-order valence-corrected chi connectivity index (χ3v) is 9.25. The van der Waals surface area contributed by atoms with Gasteiger partial charge in [0.1, 0.15) is 17.7 Å². The number of ether oxygens (including phenoxy) is 2. The highest BCUT2D eigenvalue weighted by molar-refractivity contribution is 5.77. The minimum Gasteiger partial charge on any atom is -0.507 e. The molecule has 2 atom stereocenters. The molecule has 2 saturated heterocycles. The van der Waals surface area contributed by atoms with Gasteiger partial charge in [0.05, 0.1) is 42.4 Å². The van der Waals surface area contributed by atoms with Gasteiger partial charge >= 0.3 is 24.4 Å². The van der Waals surface area contributed by atoms with Gasteiger partial charge in [-0.25, -0.2) is 9.78 Å². The smallest absolute Gasteiger partial charge is 0.416 e. The van der Waals surface area contributed by atoms with E-state index in [9.17, 15) is 41.0 Å². The average molecular weight is 664 g/mol. The number of methoxy groups -OCH3 is 1. The Balaban J connectivity index is 1.33. The summed E-state index contributed by atoms with van der Waals surface area (Å²) in [4.78, 5) is 33.1. The largest absolute Gasteiger partial charge is 0.507 e. The van der Waals surface area contributed by atoms with Crippen molar-refractivity contribution in [3.63, 3.8) is 0 Å². The van der Waals surface area contributed by atoms with Crippen LogP contribution in [0, 0.1) is 5.92 Å². The van der Waals surface area contributed by atoms with Gasteiger partial charge in [-0.15, -0.1) is 0 Å². The SMILES string of the molecule is COC(=O)[C@H]1C[C@@H](c2ccc(O)c(-c3ccc(N4CCC4)nc3CN3C(=O)O[C@H](c4cc(C(F)(F)F)cc(C(F)(F)F)c4)[C@@H]3C)c2)C1. The number of esters is 1. The van der Waals surface area contributed by atoms with E-state index in [1.54, 1.807) is 24.3 Å². The van der Waals surface area contributed by atoms with Crippen molar-refractivity contribution in [1.82, 2.24) is 9.88 Å². The van der Waals surface area contributed by atoms with Crippen molar-refractivity contribution in [2.75, 3.05) is 25.1 Å². The molecule has 250 valence electrons. The predicted molar refractivity (Wildman–Crippen MR) is 156 cm³/mol. The highest BCUT2D eigenvalue weighted by Gasteiger charge is 2.44. The number of cyclic esters (lactones) is 1. The highest BCUT2D eigenvalue weighted by atomic mass is 19.4. The number of aromatic nitrogens is 1. The number of anilines is 1. The maximum atomic E-state index is 13.6. The molecule has 1 aliphatic carbocycles. The molecule has 3 fully saturated rings. The molecule has 14 heteroatoms. The molecule has 0 spiro atoms. The third kappa shape index (κ3) is 6.29. The van der Waals surface area contributed by atoms with E-state index in [4.69, 9.17) is 14.5 Å². The van der Waals surface area contributed by atoms with E-state index in [0.717, 1.165) is 25.1 Å². The van der Waals surface area contributed by atoms with E-state index in [0.29, 0.717) is 47.6 Å². The molecule has 0 radical (unpaired) electrons. The number of hydrogen-bond acceptors (Lipinski definition) is 7. The predicted octanol–water partition coefficient (Wildman–Crippen LogP) is 7.45. The summed E-state index contributed by atoms with van der Waals surface area (Å²) in [5.41, 5.74) is -1.30. The number of phenols is 1. The quantitative estimate of drug-likeness (QED) is 0.207. The molecule has 8 nitrogen and oxygen atoms in total. The lowest BCUT2D eigenvalue weighted by Crippen LogP contribution is -2.38. The standard InChI is InChI=1S/C33H31F6N3O5/c1-17-29(20-12-22(32(34,35)36)15-23(13-20)33(37,38)39)47-31(45)42(17)16-26-24(5-7-28(40-26)41-8-3-9-41)25-14-18(4-6-27(25)43)19-10-21(11-19)30(44)46-2/h4-7,12-15,17,19,21,29,43H,3,8-11,16H2,1-2H3/t17-,19-,21+,29-/m0/s1. The lowest BCUT2D eigenvalue weighted by molar-refractivity contribution is -0.149. The summed E-state index contributed by atoms with van der Waals surface area (Å²) in [7, 11) is 1.34. The number of halogens is 6. The molecule has 0 unspecified atom stereocenters. The number of carbonyl (C=O) groups is 2. The first kappa shape index (κ1) is 32.5. The van der Waals surface area contributed by atoms with Gasteiger partial charge in [-0.2, -0.15) is 26.3 Å². The van der Waals surface area contributed by atoms with Crippen LogP contribution in [0.15, 0.2) is 48.5 Å². The van der Waals surface area contributed by atoms with E-state index in [2.05, 4.69) is 0 Å². The number of pyridine rings is 1. The number of nitrogens with zero attached hydrogens (tertiary/aromatic N) is 3. The van der Waals surface area contributed by atoms with E-state index in [-0.39, 0.29) is 36.2 Å². The topological polar surface area (TPSA) is 92.2 Å². The van der Waals surface area contributed by atoms with Crippen molar-refractivity contribution >= 4 is 17.9 Å². The van der Waals surface area contributed by atoms with Crippen molar-refractivity contribution in [2.45, 2.75) is 63.1 Å². The average Bonchev–Trinajstić information content (AvgIpc) is 3.24. The van der Waals surface area contributed by atoms with Gasteiger partial charge in [-0.05, 0) is 85.7 Å². The maximum absolute atomic E-state index is 13.6. The van der Waals surface area contributed by atoms with Crippen LogP contribution in [0.5, 0.6) is 5.75 Å². The number of phenolic OH excluding ortho intramolecular Hbond substituents is 1. The summed E-state index contributed by atoms with van der Waals surface area (Å²) >= 11 is 0. The molecule has 2 aliphatic heterocycles. The van der Waals surface area contributed by atoms with Crippen LogP contribution >= 0.6 is 0 Å². The molecule has 3 heterocycles. The molecular formula is C33H31F6N3O5. The molecule has 2 aromatic carbocycles. The van der Waals surface area contributed by atoms with E-state index >= 15 is 0 Å². The Labute approximate surface area is 265 Å². The van der Waals surface area contributed by atoms with Gasteiger partial charge in [0, 0.05) is 24.2 Å². The maximum Gasteiger partial charge on any atom is 0.416 e. The number of rotatable bonds is 7. The molecule has 1 N–H and O–H groups in total. The number of aromatic hydroxyl groups is 1. The van der Waals surface area contributed by atoms with Gasteiger partial charge in [0.25, 0.3) is 0 Å². The second-order valence-corrected chi connectivity index (χ2v) is 12.2. The fraction of sp³-hybridized carbons (Fsp3) is 0.424. The van der Waals surface area contributed by atoms with Crippen molar-refractivity contribution in [2.24, 2.45) is 5.92 Å². The molecule has 3 aromatic rings. The van der Waals surface area contributed by atoms with Gasteiger partial charge in [0.15, 0.2) is 0 Å². The molecule has 47 heavy (non-hydrogen) atoms. The number of carbonyl (C=O) groups excluding carboxylic acids is 2. The minimum absolute atomic E-state index is 0.0278. The monoisotopic (exact) mass is 663 g/mol. The van der Waals surface area contributed by atoms with Crippen molar-refractivity contribution in [3.05, 3.63) is 76.5 Å². The van der Waals surface area contributed by atoms with Crippen LogP contribution in [0.4, 0.5) is 37.0 Å². The van der Waals surface area contributed by atoms with Crippen LogP contribution in [-0.4, -0.2) is 53.3 Å². The Hall–Kier alpha value is -4.49. The number of benzene rings is 2. The zero-order chi connectivity index (χ0) is 33.8. The lowest BCUT2D eigenvalue weighted by atomic mass is 9.71. The fourth-order valence-corrected chi connectivity index (χ4v) is 6.31. The minimum atomic E-state index is -5.06. The Morgan fingerprint density at radius 1 is 0.957 bits per heavy atom. The molecule has 3 aliphatic rings.